The van der Waals surface area contributed by atoms with E-state index in [9.17, 15) is 8.42 Å². The molecular formula is C21H29N7O3S. The fourth-order valence-corrected chi connectivity index (χ4v) is 4.78. The first-order chi connectivity index (χ1) is 15.2. The molecule has 0 unspecified atom stereocenters. The summed E-state index contributed by atoms with van der Waals surface area (Å²) in [7, 11) is -2.05. The monoisotopic (exact) mass is 459 g/mol. The van der Waals surface area contributed by atoms with Crippen LogP contribution >= 0.6 is 0 Å². The molecule has 0 spiro atoms. The molecule has 0 bridgehead atoms. The highest BCUT2D eigenvalue weighted by Gasteiger charge is 2.23. The Bertz CT molecular complexity index is 1170. The second-order valence-corrected chi connectivity index (χ2v) is 8.92. The van der Waals surface area contributed by atoms with Gasteiger partial charge in [0.05, 0.1) is 18.5 Å². The maximum absolute atomic E-state index is 12.7. The number of methoxy groups -OCH3 is 1. The van der Waals surface area contributed by atoms with Gasteiger partial charge in [-0.15, -0.1) is 0 Å². The Morgan fingerprint density at radius 1 is 1.06 bits per heavy atom. The summed E-state index contributed by atoms with van der Waals surface area (Å²) >= 11 is 0. The lowest BCUT2D eigenvalue weighted by Crippen LogP contribution is -2.30. The van der Waals surface area contributed by atoms with Crippen molar-refractivity contribution in [3.05, 3.63) is 47.4 Å². The first-order valence-corrected chi connectivity index (χ1v) is 11.8. The van der Waals surface area contributed by atoms with E-state index in [2.05, 4.69) is 30.4 Å². The molecule has 0 aliphatic rings. The number of sulfonamides is 1. The summed E-state index contributed by atoms with van der Waals surface area (Å²) in [5.74, 6) is 1.81. The van der Waals surface area contributed by atoms with Crippen LogP contribution in [-0.2, 0) is 16.6 Å². The number of nitrogens with one attached hydrogen (secondary N) is 3. The molecule has 0 aliphatic heterocycles. The van der Waals surface area contributed by atoms with Crippen LogP contribution in [0.3, 0.4) is 0 Å². The van der Waals surface area contributed by atoms with Crippen molar-refractivity contribution in [2.45, 2.75) is 39.1 Å². The Kier molecular flexibility index (Phi) is 7.31. The fraction of sp³-hybridized carbons (Fsp3) is 0.381. The first kappa shape index (κ1) is 23.5. The minimum atomic E-state index is -3.66. The number of ether oxygens (including phenoxy) is 1. The Balaban J connectivity index is 1.60. The number of benzene rings is 1. The van der Waals surface area contributed by atoms with E-state index in [-0.39, 0.29) is 11.4 Å². The van der Waals surface area contributed by atoms with Crippen LogP contribution in [0.25, 0.3) is 0 Å². The molecule has 10 nitrogen and oxygen atoms in total. The lowest BCUT2D eigenvalue weighted by atomic mass is 10.3. The highest BCUT2D eigenvalue weighted by atomic mass is 32.2. The number of aromatic nitrogens is 4. The van der Waals surface area contributed by atoms with Gasteiger partial charge in [-0.3, -0.25) is 4.68 Å². The molecule has 11 heteroatoms. The smallest absolute Gasteiger partial charge is 0.244 e. The van der Waals surface area contributed by atoms with Crippen molar-refractivity contribution < 1.29 is 13.2 Å². The molecule has 32 heavy (non-hydrogen) atoms. The largest absolute Gasteiger partial charge is 0.497 e. The van der Waals surface area contributed by atoms with Crippen molar-refractivity contribution in [1.29, 1.82) is 0 Å². The predicted molar refractivity (Wildman–Crippen MR) is 124 cm³/mol. The van der Waals surface area contributed by atoms with Gasteiger partial charge in [-0.25, -0.2) is 18.1 Å². The van der Waals surface area contributed by atoms with E-state index in [0.717, 1.165) is 17.1 Å². The zero-order valence-electron chi connectivity index (χ0n) is 18.9. The molecule has 3 N–H and O–H groups in total. The normalized spacial score (nSPS) is 11.4. The van der Waals surface area contributed by atoms with Crippen molar-refractivity contribution in [3.63, 3.8) is 0 Å². The van der Waals surface area contributed by atoms with Crippen LogP contribution < -0.4 is 20.1 Å². The minimum Gasteiger partial charge on any atom is -0.497 e. The Morgan fingerprint density at radius 2 is 1.78 bits per heavy atom. The molecule has 3 aromatic rings. The number of nitrogens with zero attached hydrogens (tertiary/aromatic N) is 4. The fourth-order valence-electron chi connectivity index (χ4n) is 3.34. The molecule has 0 radical (unpaired) electrons. The van der Waals surface area contributed by atoms with Gasteiger partial charge < -0.3 is 15.4 Å². The summed E-state index contributed by atoms with van der Waals surface area (Å²) in [6.45, 7) is 8.36. The molecule has 2 heterocycles. The maximum atomic E-state index is 12.7. The molecule has 1 aromatic carbocycles. The second kappa shape index (κ2) is 9.96. The summed E-state index contributed by atoms with van der Waals surface area (Å²) in [5.41, 5.74) is 2.75. The Labute approximate surface area is 188 Å². The van der Waals surface area contributed by atoms with Crippen molar-refractivity contribution in [3.8, 4) is 5.75 Å². The van der Waals surface area contributed by atoms with Crippen LogP contribution in [0, 0.1) is 20.8 Å². The predicted octanol–water partition coefficient (Wildman–Crippen LogP) is 2.76. The van der Waals surface area contributed by atoms with Gasteiger partial charge in [-0.1, -0.05) is 0 Å². The van der Waals surface area contributed by atoms with E-state index in [1.165, 1.54) is 0 Å². The molecule has 172 valence electrons. The summed E-state index contributed by atoms with van der Waals surface area (Å²) < 4.78 is 34.9. The zero-order chi connectivity index (χ0) is 23.3. The quantitative estimate of drug-likeness (QED) is 0.396. The van der Waals surface area contributed by atoms with Gasteiger partial charge in [0.25, 0.3) is 0 Å². The standard InChI is InChI=1S/C21H29N7O3S/c1-6-28-16(4)20(15(3)27-28)32(29,30)23-12-11-22-21-24-14(2)13-19(26-21)25-17-7-9-18(31-5)10-8-17/h7-10,13,23H,6,11-12H2,1-5H3,(H2,22,24,25,26). The van der Waals surface area contributed by atoms with Crippen molar-refractivity contribution in [1.82, 2.24) is 24.5 Å². The van der Waals surface area contributed by atoms with E-state index in [1.807, 2.05) is 44.2 Å². The maximum Gasteiger partial charge on any atom is 0.244 e. The van der Waals surface area contributed by atoms with E-state index in [0.29, 0.717) is 36.2 Å². The number of hydrogen-bond acceptors (Lipinski definition) is 8. The molecule has 0 amide bonds. The van der Waals surface area contributed by atoms with Crippen LogP contribution in [0.1, 0.15) is 24.0 Å². The third-order valence-electron chi connectivity index (χ3n) is 4.80. The molecule has 0 fully saturated rings. The van der Waals surface area contributed by atoms with Crippen molar-refractivity contribution >= 4 is 27.5 Å². The number of hydrogen-bond donors (Lipinski definition) is 3. The third-order valence-corrected chi connectivity index (χ3v) is 6.51. The number of aryl methyl sites for hydroxylation is 3. The minimum absolute atomic E-state index is 0.178. The summed E-state index contributed by atoms with van der Waals surface area (Å²) in [4.78, 5) is 9.05. The Morgan fingerprint density at radius 3 is 2.41 bits per heavy atom. The number of rotatable bonds is 10. The van der Waals surface area contributed by atoms with Gasteiger partial charge in [0.1, 0.15) is 16.5 Å². The summed E-state index contributed by atoms with van der Waals surface area (Å²) in [6.07, 6.45) is 0. The molecule has 2 aromatic heterocycles. The van der Waals surface area contributed by atoms with Gasteiger partial charge in [0, 0.05) is 37.1 Å². The van der Waals surface area contributed by atoms with Crippen LogP contribution in [0.4, 0.5) is 17.5 Å². The third kappa shape index (κ3) is 5.54. The molecule has 0 saturated carbocycles. The van der Waals surface area contributed by atoms with Crippen LogP contribution in [-0.4, -0.2) is 48.4 Å². The van der Waals surface area contributed by atoms with Gasteiger partial charge in [0.2, 0.25) is 16.0 Å². The second-order valence-electron chi connectivity index (χ2n) is 7.21. The summed E-state index contributed by atoms with van der Waals surface area (Å²) in [5, 5.41) is 10.6. The SMILES string of the molecule is CCn1nc(C)c(S(=O)(=O)NCCNc2nc(C)cc(Nc3ccc(OC)cc3)n2)c1C. The van der Waals surface area contributed by atoms with Crippen LogP contribution in [0.2, 0.25) is 0 Å². The van der Waals surface area contributed by atoms with Crippen LogP contribution in [0.15, 0.2) is 35.2 Å². The average molecular weight is 460 g/mol. The van der Waals surface area contributed by atoms with Gasteiger partial charge in [-0.05, 0) is 52.0 Å². The zero-order valence-corrected chi connectivity index (χ0v) is 19.7. The van der Waals surface area contributed by atoms with Crippen molar-refractivity contribution in [2.24, 2.45) is 0 Å². The highest BCUT2D eigenvalue weighted by molar-refractivity contribution is 7.89. The van der Waals surface area contributed by atoms with Crippen molar-refractivity contribution in [2.75, 3.05) is 30.8 Å². The van der Waals surface area contributed by atoms with Gasteiger partial charge in [0.15, 0.2) is 0 Å². The molecule has 0 aliphatic carbocycles. The van der Waals surface area contributed by atoms with E-state index in [4.69, 9.17) is 4.74 Å². The average Bonchev–Trinajstić information content (AvgIpc) is 3.05. The first-order valence-electron chi connectivity index (χ1n) is 10.3. The highest BCUT2D eigenvalue weighted by Crippen LogP contribution is 2.20. The Hall–Kier alpha value is -3.18. The van der Waals surface area contributed by atoms with E-state index < -0.39 is 10.0 Å². The molecular weight excluding hydrogens is 430 g/mol. The lowest BCUT2D eigenvalue weighted by Gasteiger charge is -2.11. The topological polar surface area (TPSA) is 123 Å². The van der Waals surface area contributed by atoms with E-state index >= 15 is 0 Å². The van der Waals surface area contributed by atoms with Gasteiger partial charge in [-0.2, -0.15) is 10.1 Å². The molecule has 0 atom stereocenters. The molecule has 3 rings (SSSR count). The van der Waals surface area contributed by atoms with Gasteiger partial charge >= 0.3 is 0 Å². The van der Waals surface area contributed by atoms with E-state index in [1.54, 1.807) is 25.6 Å². The molecule has 0 saturated heterocycles. The van der Waals surface area contributed by atoms with Crippen LogP contribution in [0.5, 0.6) is 5.75 Å². The lowest BCUT2D eigenvalue weighted by molar-refractivity contribution is 0.415. The number of anilines is 3. The summed E-state index contributed by atoms with van der Waals surface area (Å²) in [6, 6.07) is 9.32.